The van der Waals surface area contributed by atoms with E-state index in [1.807, 2.05) is 0 Å². The molecule has 2 amide bonds. The lowest BCUT2D eigenvalue weighted by Gasteiger charge is -2.49. The van der Waals surface area contributed by atoms with Crippen LogP contribution in [0.5, 0.6) is 0 Å². The van der Waals surface area contributed by atoms with E-state index in [0.29, 0.717) is 0 Å². The molecule has 0 aromatic rings. The zero-order valence-electron chi connectivity index (χ0n) is 21.8. The van der Waals surface area contributed by atoms with Gasteiger partial charge in [0.1, 0.15) is 79.7 Å². The highest BCUT2D eigenvalue weighted by Crippen LogP contribution is 2.32. The number of aliphatic hydroxyl groups is 10. The van der Waals surface area contributed by atoms with Gasteiger partial charge >= 0.3 is 0 Å². The molecule has 0 radical (unpaired) electrons. The number of rotatable bonds is 10. The molecule has 15 atom stereocenters. The van der Waals surface area contributed by atoms with Crippen LogP contribution in [0.3, 0.4) is 0 Å². The Bertz CT molecular complexity index is 868. The van der Waals surface area contributed by atoms with Gasteiger partial charge < -0.3 is 85.4 Å². The molecule has 0 spiro atoms. The van der Waals surface area contributed by atoms with E-state index >= 15 is 0 Å². The first-order valence-corrected chi connectivity index (χ1v) is 12.7. The predicted molar refractivity (Wildman–Crippen MR) is 126 cm³/mol. The summed E-state index contributed by atoms with van der Waals surface area (Å²) >= 11 is 0. The van der Waals surface area contributed by atoms with Crippen molar-refractivity contribution in [2.24, 2.45) is 0 Å². The number of hydrogen-bond acceptors (Lipinski definition) is 17. The molecule has 3 aliphatic heterocycles. The Morgan fingerprint density at radius 3 is 1.68 bits per heavy atom. The van der Waals surface area contributed by atoms with Crippen molar-refractivity contribution in [2.45, 2.75) is 98.9 Å². The largest absolute Gasteiger partial charge is 0.394 e. The molecule has 0 saturated carbocycles. The van der Waals surface area contributed by atoms with Crippen LogP contribution in [-0.4, -0.2) is 181 Å². The van der Waals surface area contributed by atoms with Crippen LogP contribution in [0, 0.1) is 0 Å². The zero-order valence-corrected chi connectivity index (χ0v) is 21.8. The van der Waals surface area contributed by atoms with E-state index in [-0.39, 0.29) is 0 Å². The maximum absolute atomic E-state index is 12.1. The molecule has 3 fully saturated rings. The maximum Gasteiger partial charge on any atom is 0.246 e. The highest BCUT2D eigenvalue weighted by Gasteiger charge is 2.54. The van der Waals surface area contributed by atoms with Crippen LogP contribution < -0.4 is 10.6 Å². The minimum absolute atomic E-state index is 0.649. The molecule has 3 rings (SSSR count). The van der Waals surface area contributed by atoms with Crippen molar-refractivity contribution in [3.8, 4) is 0 Å². The van der Waals surface area contributed by atoms with Crippen molar-refractivity contribution in [2.75, 3.05) is 26.4 Å². The molecule has 41 heavy (non-hydrogen) atoms. The highest BCUT2D eigenvalue weighted by atomic mass is 16.7. The van der Waals surface area contributed by atoms with Gasteiger partial charge in [0.15, 0.2) is 18.9 Å². The zero-order chi connectivity index (χ0) is 30.6. The number of carbonyl (C=O) groups is 2. The Morgan fingerprint density at radius 2 is 1.15 bits per heavy atom. The van der Waals surface area contributed by atoms with Crippen LogP contribution in [0.4, 0.5) is 0 Å². The first kappa shape index (κ1) is 33.8. The van der Waals surface area contributed by atoms with Gasteiger partial charge in [-0.25, -0.2) is 0 Å². The molecule has 19 nitrogen and oxygen atoms in total. The summed E-state index contributed by atoms with van der Waals surface area (Å²) in [6.45, 7) is -2.41. The van der Waals surface area contributed by atoms with Gasteiger partial charge in [-0.2, -0.15) is 0 Å². The van der Waals surface area contributed by atoms with Crippen molar-refractivity contribution in [1.82, 2.24) is 10.6 Å². The monoisotopic (exact) mass is 602 g/mol. The lowest BCUT2D eigenvalue weighted by Crippen LogP contribution is -2.70. The van der Waals surface area contributed by atoms with Gasteiger partial charge in [0, 0.05) is 6.92 Å². The second kappa shape index (κ2) is 14.7. The molecule has 19 heteroatoms. The molecule has 3 heterocycles. The van der Waals surface area contributed by atoms with Crippen LogP contribution in [0.1, 0.15) is 6.92 Å². The molecule has 0 unspecified atom stereocenters. The molecule has 3 aliphatic rings. The normalized spacial score (nSPS) is 45.2. The standard InChI is InChI=1S/C22H38N2O17/c1-6(29)23-11-14(32)18(8(3-26)37-20(11)36)40-21-12(24-10(30)5-28)15(33)19(9(4-27)39-21)41-22-17(35)16(34)13(31)7(2-25)38-22/h7-9,11-22,25-28,31-36H,2-5H2,1H3,(H,23,29)(H,24,30)/t7-,8-,9-,11-,12-,13-,14-,15-,16+,17+,18-,19-,20-,21+,22+/m1/s1. The topological polar surface area (TPSA) is 307 Å². The third-order valence-electron chi connectivity index (χ3n) is 7.00. The third kappa shape index (κ3) is 7.47. The molecule has 3 saturated heterocycles. The van der Waals surface area contributed by atoms with Gasteiger partial charge in [-0.1, -0.05) is 0 Å². The second-order valence-corrected chi connectivity index (χ2v) is 9.83. The Kier molecular flexibility index (Phi) is 12.1. The van der Waals surface area contributed by atoms with Crippen LogP contribution in [0.15, 0.2) is 0 Å². The van der Waals surface area contributed by atoms with Crippen molar-refractivity contribution in [3.63, 3.8) is 0 Å². The summed E-state index contributed by atoms with van der Waals surface area (Å²) in [4.78, 5) is 23.7. The van der Waals surface area contributed by atoms with Gasteiger partial charge in [-0.3, -0.25) is 9.59 Å². The van der Waals surface area contributed by atoms with Crippen molar-refractivity contribution >= 4 is 11.8 Å². The van der Waals surface area contributed by atoms with E-state index in [9.17, 15) is 60.7 Å². The Hall–Kier alpha value is -1.66. The van der Waals surface area contributed by atoms with Crippen LogP contribution in [0.2, 0.25) is 0 Å². The van der Waals surface area contributed by atoms with Gasteiger partial charge in [-0.05, 0) is 0 Å². The summed E-state index contributed by atoms with van der Waals surface area (Å²) < 4.78 is 27.6. The molecular formula is C22H38N2O17. The summed E-state index contributed by atoms with van der Waals surface area (Å²) in [5.74, 6) is -1.69. The Balaban J connectivity index is 1.87. The van der Waals surface area contributed by atoms with Crippen LogP contribution in [0.25, 0.3) is 0 Å². The summed E-state index contributed by atoms with van der Waals surface area (Å²) in [5, 5.41) is 106. The fourth-order valence-corrected chi connectivity index (χ4v) is 4.87. The Labute approximate surface area is 232 Å². The smallest absolute Gasteiger partial charge is 0.246 e. The van der Waals surface area contributed by atoms with E-state index in [1.165, 1.54) is 0 Å². The number of aliphatic hydroxyl groups excluding tert-OH is 10. The summed E-state index contributed by atoms with van der Waals surface area (Å²) in [6.07, 6.45) is -21.8. The molecule has 0 aliphatic carbocycles. The number of carbonyl (C=O) groups excluding carboxylic acids is 2. The quantitative estimate of drug-likeness (QED) is 0.110. The maximum atomic E-state index is 12.1. The van der Waals surface area contributed by atoms with E-state index in [2.05, 4.69) is 10.6 Å². The van der Waals surface area contributed by atoms with Gasteiger partial charge in [0.2, 0.25) is 11.8 Å². The highest BCUT2D eigenvalue weighted by molar-refractivity contribution is 5.77. The molecular weight excluding hydrogens is 564 g/mol. The first-order valence-electron chi connectivity index (χ1n) is 12.7. The fraction of sp³-hybridized carbons (Fsp3) is 0.909. The fourth-order valence-electron chi connectivity index (χ4n) is 4.87. The average Bonchev–Trinajstić information content (AvgIpc) is 2.94. The van der Waals surface area contributed by atoms with Crippen LogP contribution in [-0.2, 0) is 33.3 Å². The van der Waals surface area contributed by atoms with Crippen LogP contribution >= 0.6 is 0 Å². The third-order valence-corrected chi connectivity index (χ3v) is 7.00. The van der Waals surface area contributed by atoms with E-state index < -0.39 is 130 Å². The van der Waals surface area contributed by atoms with E-state index in [1.54, 1.807) is 0 Å². The summed E-state index contributed by atoms with van der Waals surface area (Å²) in [5.41, 5.74) is 0. The lowest BCUT2D eigenvalue weighted by molar-refractivity contribution is -0.360. The lowest BCUT2D eigenvalue weighted by atomic mass is 9.94. The van der Waals surface area contributed by atoms with Gasteiger partial charge in [0.25, 0.3) is 0 Å². The Morgan fingerprint density at radius 1 is 0.634 bits per heavy atom. The number of ether oxygens (including phenoxy) is 5. The molecule has 238 valence electrons. The first-order chi connectivity index (χ1) is 19.4. The van der Waals surface area contributed by atoms with Crippen molar-refractivity contribution in [3.05, 3.63) is 0 Å². The molecule has 0 aromatic heterocycles. The van der Waals surface area contributed by atoms with Gasteiger partial charge in [0.05, 0.1) is 19.8 Å². The summed E-state index contributed by atoms with van der Waals surface area (Å²) in [6, 6.07) is -3.07. The van der Waals surface area contributed by atoms with Gasteiger partial charge in [-0.15, -0.1) is 0 Å². The van der Waals surface area contributed by atoms with E-state index in [0.717, 1.165) is 6.92 Å². The molecule has 0 aromatic carbocycles. The second-order valence-electron chi connectivity index (χ2n) is 9.83. The minimum Gasteiger partial charge on any atom is -0.394 e. The number of amides is 2. The van der Waals surface area contributed by atoms with Crippen molar-refractivity contribution < 1.29 is 84.3 Å². The predicted octanol–water partition coefficient (Wildman–Crippen LogP) is -8.31. The SMILES string of the molecule is CC(=O)N[C@@H]1[C@@H](O)[C@H](O[C@@H]2O[C@H](CO)[C@@H](O[C@@H]3O[C@H](CO)[C@@H](O)[C@H](O)[C@@H]3O)[C@H](O)[C@H]2NC(=O)CO)[C@@H](CO)O[C@H]1O. The summed E-state index contributed by atoms with van der Waals surface area (Å²) in [7, 11) is 0. The molecule has 0 bridgehead atoms. The average molecular weight is 603 g/mol. The number of hydrogen-bond donors (Lipinski definition) is 12. The number of nitrogens with one attached hydrogen (secondary N) is 2. The van der Waals surface area contributed by atoms with Crippen molar-refractivity contribution in [1.29, 1.82) is 0 Å². The minimum atomic E-state index is -1.89. The van der Waals surface area contributed by atoms with E-state index in [4.69, 9.17) is 23.7 Å². The molecule has 12 N–H and O–H groups in total.